The molecule has 6 heteroatoms. The number of hydrogen-bond donors (Lipinski definition) is 2. The van der Waals surface area contributed by atoms with Crippen molar-refractivity contribution in [3.8, 4) is 5.75 Å². The van der Waals surface area contributed by atoms with Gasteiger partial charge in [0, 0.05) is 30.5 Å². The van der Waals surface area contributed by atoms with E-state index in [2.05, 4.69) is 10.6 Å². The van der Waals surface area contributed by atoms with E-state index in [9.17, 15) is 4.79 Å². The molecule has 2 rings (SSSR count). The summed E-state index contributed by atoms with van der Waals surface area (Å²) in [6, 6.07) is 7.27. The highest BCUT2D eigenvalue weighted by atomic mass is 32.2. The maximum absolute atomic E-state index is 11.9. The number of carbonyl (C=O) groups is 1. The Kier molecular flexibility index (Phi) is 5.50. The first kappa shape index (κ1) is 14.2. The number of benzene rings is 1. The van der Waals surface area contributed by atoms with Gasteiger partial charge in [-0.05, 0) is 12.1 Å². The van der Waals surface area contributed by atoms with Crippen LogP contribution in [-0.4, -0.2) is 43.9 Å². The van der Waals surface area contributed by atoms with E-state index in [0.29, 0.717) is 13.2 Å². The van der Waals surface area contributed by atoms with E-state index in [1.165, 1.54) is 0 Å². The fourth-order valence-electron chi connectivity index (χ4n) is 1.70. The summed E-state index contributed by atoms with van der Waals surface area (Å²) in [6.45, 7) is 1.04. The lowest BCUT2D eigenvalue weighted by Gasteiger charge is -2.12. The molecule has 5 nitrogen and oxygen atoms in total. The predicted molar refractivity (Wildman–Crippen MR) is 76.7 cm³/mol. The van der Waals surface area contributed by atoms with Gasteiger partial charge in [-0.1, -0.05) is 6.07 Å². The molecule has 1 aliphatic rings. The Morgan fingerprint density at radius 2 is 2.42 bits per heavy atom. The first-order valence-electron chi connectivity index (χ1n) is 6.13. The highest BCUT2D eigenvalue weighted by molar-refractivity contribution is 7.99. The van der Waals surface area contributed by atoms with Crippen molar-refractivity contribution >= 4 is 23.4 Å². The zero-order valence-corrected chi connectivity index (χ0v) is 11.7. The molecule has 1 aromatic carbocycles. The lowest BCUT2D eigenvalue weighted by atomic mass is 10.2. The van der Waals surface area contributed by atoms with Gasteiger partial charge < -0.3 is 14.8 Å². The molecule has 1 fully saturated rings. The van der Waals surface area contributed by atoms with Crippen LogP contribution in [0.1, 0.15) is 0 Å². The molecule has 0 aliphatic carbocycles. The highest BCUT2D eigenvalue weighted by Crippen LogP contribution is 2.18. The first-order chi connectivity index (χ1) is 9.29. The first-order valence-corrected chi connectivity index (χ1v) is 7.29. The van der Waals surface area contributed by atoms with Gasteiger partial charge in [0.15, 0.2) is 0 Å². The summed E-state index contributed by atoms with van der Waals surface area (Å²) in [5.74, 6) is 2.37. The van der Waals surface area contributed by atoms with Crippen LogP contribution in [0.4, 0.5) is 5.69 Å². The Hall–Kier alpha value is -1.24. The fraction of sp³-hybridized carbons (Fsp3) is 0.462. The lowest BCUT2D eigenvalue weighted by molar-refractivity contribution is -0.117. The van der Waals surface area contributed by atoms with Crippen LogP contribution >= 0.6 is 11.8 Å². The maximum Gasteiger partial charge on any atom is 0.242 e. The minimum Gasteiger partial charge on any atom is -0.491 e. The van der Waals surface area contributed by atoms with Crippen molar-refractivity contribution in [1.29, 1.82) is 0 Å². The normalized spacial score (nSPS) is 18.3. The molecule has 0 saturated carbocycles. The summed E-state index contributed by atoms with van der Waals surface area (Å²) >= 11 is 1.73. The van der Waals surface area contributed by atoms with Gasteiger partial charge in [-0.2, -0.15) is 0 Å². The standard InChI is InChI=1S/C13H18N2O3S/c1-17-5-6-18-11-4-2-3-10(7-11)15-13(16)12-8-19-9-14-12/h2-4,7,12,14H,5-6,8-9H2,1H3,(H,15,16). The second-order valence-corrected chi connectivity index (χ2v) is 5.16. The second-order valence-electron chi connectivity index (χ2n) is 4.13. The van der Waals surface area contributed by atoms with Crippen molar-refractivity contribution in [2.75, 3.05) is 37.3 Å². The largest absolute Gasteiger partial charge is 0.491 e. The van der Waals surface area contributed by atoms with E-state index < -0.39 is 0 Å². The Morgan fingerprint density at radius 1 is 1.53 bits per heavy atom. The summed E-state index contributed by atoms with van der Waals surface area (Å²) in [6.07, 6.45) is 0. The number of amides is 1. The molecule has 0 radical (unpaired) electrons. The van der Waals surface area contributed by atoms with Crippen molar-refractivity contribution in [3.05, 3.63) is 24.3 Å². The summed E-state index contributed by atoms with van der Waals surface area (Å²) < 4.78 is 10.4. The van der Waals surface area contributed by atoms with E-state index >= 15 is 0 Å². The second kappa shape index (κ2) is 7.37. The molecule has 1 saturated heterocycles. The van der Waals surface area contributed by atoms with E-state index in [1.54, 1.807) is 18.9 Å². The number of thioether (sulfide) groups is 1. The number of ether oxygens (including phenoxy) is 2. The minimum atomic E-state index is -0.108. The molecular formula is C13H18N2O3S. The zero-order valence-electron chi connectivity index (χ0n) is 10.8. The van der Waals surface area contributed by atoms with Crippen LogP contribution in [0.15, 0.2) is 24.3 Å². The molecule has 104 valence electrons. The minimum absolute atomic E-state index is 0.000887. The molecule has 0 spiro atoms. The zero-order chi connectivity index (χ0) is 13.5. The van der Waals surface area contributed by atoms with Gasteiger partial charge in [0.05, 0.1) is 12.6 Å². The maximum atomic E-state index is 11.9. The van der Waals surface area contributed by atoms with E-state index in [4.69, 9.17) is 9.47 Å². The molecular weight excluding hydrogens is 264 g/mol. The Labute approximate surface area is 117 Å². The van der Waals surface area contributed by atoms with E-state index in [0.717, 1.165) is 23.1 Å². The van der Waals surface area contributed by atoms with Gasteiger partial charge in [0.25, 0.3) is 0 Å². The van der Waals surface area contributed by atoms with Crippen LogP contribution in [0.3, 0.4) is 0 Å². The summed E-state index contributed by atoms with van der Waals surface area (Å²) in [4.78, 5) is 11.9. The van der Waals surface area contributed by atoms with Crippen molar-refractivity contribution in [2.45, 2.75) is 6.04 Å². The molecule has 1 atom stereocenters. The smallest absolute Gasteiger partial charge is 0.242 e. The van der Waals surface area contributed by atoms with Gasteiger partial charge in [0.2, 0.25) is 5.91 Å². The molecule has 19 heavy (non-hydrogen) atoms. The molecule has 1 heterocycles. The Morgan fingerprint density at radius 3 is 3.16 bits per heavy atom. The molecule has 1 aliphatic heterocycles. The average Bonchev–Trinajstić information content (AvgIpc) is 2.93. The van der Waals surface area contributed by atoms with Gasteiger partial charge in [-0.15, -0.1) is 11.8 Å². The molecule has 1 unspecified atom stereocenters. The van der Waals surface area contributed by atoms with Gasteiger partial charge in [0.1, 0.15) is 12.4 Å². The van der Waals surface area contributed by atoms with Crippen LogP contribution in [-0.2, 0) is 9.53 Å². The fourth-order valence-corrected chi connectivity index (χ4v) is 2.64. The summed E-state index contributed by atoms with van der Waals surface area (Å²) in [5.41, 5.74) is 0.749. The average molecular weight is 282 g/mol. The summed E-state index contributed by atoms with van der Waals surface area (Å²) in [5, 5.41) is 6.02. The number of hydrogen-bond acceptors (Lipinski definition) is 5. The van der Waals surface area contributed by atoms with Crippen LogP contribution in [0.25, 0.3) is 0 Å². The Balaban J connectivity index is 1.88. The van der Waals surface area contributed by atoms with E-state index in [1.807, 2.05) is 24.3 Å². The number of rotatable bonds is 6. The number of anilines is 1. The SMILES string of the molecule is COCCOc1cccc(NC(=O)C2CSCN2)c1. The molecule has 2 N–H and O–H groups in total. The third-order valence-corrected chi connectivity index (χ3v) is 3.63. The van der Waals surface area contributed by atoms with Crippen molar-refractivity contribution in [1.82, 2.24) is 5.32 Å². The van der Waals surface area contributed by atoms with Crippen LogP contribution in [0.2, 0.25) is 0 Å². The molecule has 0 bridgehead atoms. The topological polar surface area (TPSA) is 59.6 Å². The Bertz CT molecular complexity index is 422. The van der Waals surface area contributed by atoms with Gasteiger partial charge in [-0.25, -0.2) is 0 Å². The van der Waals surface area contributed by atoms with Crippen LogP contribution in [0, 0.1) is 0 Å². The number of carbonyl (C=O) groups excluding carboxylic acids is 1. The van der Waals surface area contributed by atoms with Gasteiger partial charge in [-0.3, -0.25) is 10.1 Å². The summed E-state index contributed by atoms with van der Waals surface area (Å²) in [7, 11) is 1.63. The lowest BCUT2D eigenvalue weighted by Crippen LogP contribution is -2.37. The van der Waals surface area contributed by atoms with Crippen molar-refractivity contribution in [3.63, 3.8) is 0 Å². The quantitative estimate of drug-likeness (QED) is 0.771. The monoisotopic (exact) mass is 282 g/mol. The van der Waals surface area contributed by atoms with E-state index in [-0.39, 0.29) is 11.9 Å². The molecule has 1 amide bonds. The molecule has 1 aromatic rings. The van der Waals surface area contributed by atoms with Gasteiger partial charge >= 0.3 is 0 Å². The van der Waals surface area contributed by atoms with Crippen LogP contribution < -0.4 is 15.4 Å². The van der Waals surface area contributed by atoms with Crippen molar-refractivity contribution in [2.24, 2.45) is 0 Å². The third-order valence-electron chi connectivity index (χ3n) is 2.69. The van der Waals surface area contributed by atoms with Crippen LogP contribution in [0.5, 0.6) is 5.75 Å². The highest BCUT2D eigenvalue weighted by Gasteiger charge is 2.22. The third kappa shape index (κ3) is 4.41. The molecule has 0 aromatic heterocycles. The number of methoxy groups -OCH3 is 1. The number of nitrogens with one attached hydrogen (secondary N) is 2. The van der Waals surface area contributed by atoms with Crippen molar-refractivity contribution < 1.29 is 14.3 Å². The predicted octanol–water partition coefficient (Wildman–Crippen LogP) is 1.31.